The summed E-state index contributed by atoms with van der Waals surface area (Å²) >= 11 is 0. The van der Waals surface area contributed by atoms with Crippen molar-refractivity contribution in [2.24, 2.45) is 0 Å². The van der Waals surface area contributed by atoms with Crippen molar-refractivity contribution >= 4 is 13.7 Å². The van der Waals surface area contributed by atoms with Crippen LogP contribution >= 0.6 is 7.82 Å². The summed E-state index contributed by atoms with van der Waals surface area (Å²) in [7, 11) is -4.64. The number of aliphatic hydroxyl groups excluding tert-OH is 9. The first-order chi connectivity index (χ1) is 13.6. The molecule has 0 aromatic carbocycles. The van der Waals surface area contributed by atoms with Gasteiger partial charge in [-0.25, -0.2) is 4.57 Å². The number of amides is 1. The van der Waals surface area contributed by atoms with Crippen LogP contribution < -0.4 is 5.32 Å². The standard InChI is InChI=1S/C8H15NO6.C5H12O5.H3O4P/c1-3(11)9-5-7(13)6(12)4(2-10)15-8(5)14;6-1-3(8)5(10)4(9)2-7;1-5(2,3)4/h4-8,10,12-14H,2H2,1H3,(H,9,11);3-10H,1-2H2;(H3,1,2,3,4)/t4-,5-,6-,7-,8?;;/m1../s1. The summed E-state index contributed by atoms with van der Waals surface area (Å²) in [5.74, 6) is -0.462. The Morgan fingerprint density at radius 2 is 1.37 bits per heavy atom. The lowest BCUT2D eigenvalue weighted by Crippen LogP contribution is -2.63. The van der Waals surface area contributed by atoms with Crippen molar-refractivity contribution in [3.8, 4) is 0 Å². The van der Waals surface area contributed by atoms with Crippen LogP contribution in [0.4, 0.5) is 0 Å². The van der Waals surface area contributed by atoms with E-state index in [2.05, 4.69) is 5.32 Å². The van der Waals surface area contributed by atoms with Crippen molar-refractivity contribution in [3.63, 3.8) is 0 Å². The molecule has 0 aromatic rings. The summed E-state index contributed by atoms with van der Waals surface area (Å²) in [5.41, 5.74) is 0. The van der Waals surface area contributed by atoms with Crippen LogP contribution in [0.1, 0.15) is 6.92 Å². The van der Waals surface area contributed by atoms with Crippen molar-refractivity contribution < 1.29 is 74.7 Å². The minimum absolute atomic E-state index is 0.462. The molecule has 1 amide bonds. The minimum atomic E-state index is -4.64. The predicted octanol–water partition coefficient (Wildman–Crippen LogP) is -6.95. The Bertz CT molecular complexity index is 500. The molecular weight excluding hydrogens is 441 g/mol. The molecule has 182 valence electrons. The molecule has 13 N–H and O–H groups in total. The zero-order valence-electron chi connectivity index (χ0n) is 15.8. The van der Waals surface area contributed by atoms with Crippen LogP contribution in [0, 0.1) is 0 Å². The number of hydrogen-bond donors (Lipinski definition) is 13. The third-order valence-corrected chi connectivity index (χ3v) is 3.43. The van der Waals surface area contributed by atoms with Gasteiger partial charge in [-0.15, -0.1) is 0 Å². The molecule has 1 aliphatic rings. The fourth-order valence-corrected chi connectivity index (χ4v) is 1.96. The maximum Gasteiger partial charge on any atom is 0.466 e. The van der Waals surface area contributed by atoms with Crippen molar-refractivity contribution in [2.75, 3.05) is 19.8 Å². The molecule has 0 spiro atoms. The molecule has 1 aliphatic heterocycles. The first-order valence-corrected chi connectivity index (χ1v) is 9.78. The summed E-state index contributed by atoms with van der Waals surface area (Å²) < 4.78 is 13.7. The van der Waals surface area contributed by atoms with Crippen molar-refractivity contribution in [2.45, 2.75) is 55.9 Å². The molecule has 3 unspecified atom stereocenters. The van der Waals surface area contributed by atoms with E-state index in [1.165, 1.54) is 6.92 Å². The van der Waals surface area contributed by atoms with E-state index in [4.69, 9.17) is 54.6 Å². The van der Waals surface area contributed by atoms with E-state index in [0.29, 0.717) is 0 Å². The van der Waals surface area contributed by atoms with Crippen LogP contribution in [-0.4, -0.2) is 135 Å². The van der Waals surface area contributed by atoms with E-state index in [9.17, 15) is 20.1 Å². The zero-order chi connectivity index (χ0) is 24.2. The van der Waals surface area contributed by atoms with Gasteiger partial charge in [-0.2, -0.15) is 0 Å². The van der Waals surface area contributed by atoms with Crippen LogP contribution in [0.15, 0.2) is 0 Å². The van der Waals surface area contributed by atoms with Gasteiger partial charge >= 0.3 is 7.82 Å². The van der Waals surface area contributed by atoms with E-state index in [-0.39, 0.29) is 0 Å². The Labute approximate surface area is 170 Å². The molecule has 30 heavy (non-hydrogen) atoms. The number of carbonyl (C=O) groups excluding carboxylic acids is 1. The maximum absolute atomic E-state index is 10.7. The van der Waals surface area contributed by atoms with Crippen LogP contribution in [0.2, 0.25) is 0 Å². The Morgan fingerprint density at radius 3 is 1.67 bits per heavy atom. The lowest BCUT2D eigenvalue weighted by atomic mass is 9.97. The van der Waals surface area contributed by atoms with E-state index < -0.39 is 82.5 Å². The molecule has 0 radical (unpaired) electrons. The first-order valence-electron chi connectivity index (χ1n) is 8.22. The summed E-state index contributed by atoms with van der Waals surface area (Å²) in [6.07, 6.45) is -9.53. The van der Waals surface area contributed by atoms with Gasteiger partial charge in [0.1, 0.15) is 42.7 Å². The number of hydrogen-bond acceptors (Lipinski definition) is 12. The molecule has 17 heteroatoms. The highest BCUT2D eigenvalue weighted by Gasteiger charge is 2.43. The normalized spacial score (nSPS) is 29.3. The number of nitrogens with one attached hydrogen (secondary N) is 1. The van der Waals surface area contributed by atoms with Gasteiger partial charge < -0.3 is 70.7 Å². The third-order valence-electron chi connectivity index (χ3n) is 3.43. The van der Waals surface area contributed by atoms with Gasteiger partial charge in [-0.05, 0) is 0 Å². The second-order valence-corrected chi connectivity index (χ2v) is 6.99. The molecule has 1 heterocycles. The van der Waals surface area contributed by atoms with Gasteiger partial charge in [0, 0.05) is 6.92 Å². The molecule has 1 saturated heterocycles. The molecule has 7 atom stereocenters. The fourth-order valence-electron chi connectivity index (χ4n) is 1.96. The third kappa shape index (κ3) is 13.5. The molecular formula is C13H30NO15P. The molecule has 1 fully saturated rings. The Kier molecular flexibility index (Phi) is 15.7. The predicted molar refractivity (Wildman–Crippen MR) is 94.0 cm³/mol. The van der Waals surface area contributed by atoms with E-state index >= 15 is 0 Å². The Hall–Kier alpha value is -0.820. The lowest BCUT2D eigenvalue weighted by Gasteiger charge is -2.40. The molecule has 0 aliphatic carbocycles. The van der Waals surface area contributed by atoms with Crippen LogP contribution in [-0.2, 0) is 14.1 Å². The van der Waals surface area contributed by atoms with E-state index in [1.807, 2.05) is 0 Å². The second-order valence-electron chi connectivity index (χ2n) is 5.96. The van der Waals surface area contributed by atoms with Gasteiger partial charge in [0.15, 0.2) is 6.29 Å². The highest BCUT2D eigenvalue weighted by molar-refractivity contribution is 7.45. The highest BCUT2D eigenvalue weighted by Crippen LogP contribution is 2.25. The summed E-state index contributed by atoms with van der Waals surface area (Å²) in [6.45, 7) is -0.595. The number of carbonyl (C=O) groups is 1. The van der Waals surface area contributed by atoms with Crippen molar-refractivity contribution in [1.29, 1.82) is 0 Å². The summed E-state index contributed by atoms with van der Waals surface area (Å²) in [6, 6.07) is -1.10. The molecule has 1 rings (SSSR count). The van der Waals surface area contributed by atoms with E-state index in [0.717, 1.165) is 0 Å². The van der Waals surface area contributed by atoms with Crippen LogP contribution in [0.3, 0.4) is 0 Å². The van der Waals surface area contributed by atoms with Crippen molar-refractivity contribution in [3.05, 3.63) is 0 Å². The smallest absolute Gasteiger partial charge is 0.394 e. The maximum atomic E-state index is 10.7. The molecule has 0 bridgehead atoms. The van der Waals surface area contributed by atoms with Crippen molar-refractivity contribution in [1.82, 2.24) is 5.32 Å². The van der Waals surface area contributed by atoms with Gasteiger partial charge in [0.2, 0.25) is 5.91 Å². The summed E-state index contributed by atoms with van der Waals surface area (Å²) in [5, 5.41) is 82.0. The average molecular weight is 471 g/mol. The average Bonchev–Trinajstić information content (AvgIpc) is 2.65. The number of aliphatic hydroxyl groups is 9. The van der Waals surface area contributed by atoms with Gasteiger partial charge in [0.25, 0.3) is 0 Å². The second kappa shape index (κ2) is 15.1. The first kappa shape index (κ1) is 31.4. The molecule has 0 aromatic heterocycles. The quantitative estimate of drug-likeness (QED) is 0.160. The fraction of sp³-hybridized carbons (Fsp3) is 0.923. The Morgan fingerprint density at radius 1 is 0.967 bits per heavy atom. The molecule has 16 nitrogen and oxygen atoms in total. The number of ether oxygens (including phenoxy) is 1. The Balaban J connectivity index is 0. The van der Waals surface area contributed by atoms with E-state index in [1.54, 1.807) is 0 Å². The SMILES string of the molecule is CC(=O)N[C@H]1C(O)O[C@H](CO)[C@@H](O)[C@@H]1O.O=P(O)(O)O.OCC(O)C(O)C(O)CO. The highest BCUT2D eigenvalue weighted by atomic mass is 31.2. The van der Waals surface area contributed by atoms with Gasteiger partial charge in [-0.1, -0.05) is 0 Å². The minimum Gasteiger partial charge on any atom is -0.394 e. The lowest BCUT2D eigenvalue weighted by molar-refractivity contribution is -0.253. The summed E-state index contributed by atoms with van der Waals surface area (Å²) in [4.78, 5) is 32.3. The number of phosphoric acid groups is 1. The van der Waals surface area contributed by atoms with Gasteiger partial charge in [0.05, 0.1) is 19.8 Å². The largest absolute Gasteiger partial charge is 0.466 e. The van der Waals surface area contributed by atoms with Crippen LogP contribution in [0.5, 0.6) is 0 Å². The topological polar surface area (TPSA) is 298 Å². The monoisotopic (exact) mass is 471 g/mol. The molecule has 0 saturated carbocycles. The van der Waals surface area contributed by atoms with Crippen LogP contribution in [0.25, 0.3) is 0 Å². The number of rotatable bonds is 6. The zero-order valence-corrected chi connectivity index (χ0v) is 16.7. The van der Waals surface area contributed by atoms with Gasteiger partial charge in [-0.3, -0.25) is 4.79 Å².